The number of aryl methyl sites for hydroxylation is 3. The summed E-state index contributed by atoms with van der Waals surface area (Å²) in [5.41, 5.74) is 4.73. The molecule has 1 fully saturated rings. The average molecular weight is 326 g/mol. The molecule has 1 saturated heterocycles. The molecule has 2 aromatic carbocycles. The van der Waals surface area contributed by atoms with Crippen LogP contribution in [0.4, 0.5) is 16.2 Å². The summed E-state index contributed by atoms with van der Waals surface area (Å²) >= 11 is 1.02. The number of rotatable bonds is 3. The van der Waals surface area contributed by atoms with Gasteiger partial charge in [-0.05, 0) is 67.4 Å². The van der Waals surface area contributed by atoms with Crippen molar-refractivity contribution in [2.24, 2.45) is 0 Å². The van der Waals surface area contributed by atoms with Crippen molar-refractivity contribution in [3.63, 3.8) is 0 Å². The van der Waals surface area contributed by atoms with Crippen molar-refractivity contribution in [2.45, 2.75) is 26.1 Å². The molecular formula is C18H18N2O2S. The lowest BCUT2D eigenvalue weighted by atomic mass is 10.1. The van der Waals surface area contributed by atoms with Gasteiger partial charge in [-0.1, -0.05) is 24.3 Å². The zero-order valence-electron chi connectivity index (χ0n) is 13.3. The zero-order chi connectivity index (χ0) is 16.6. The highest BCUT2D eigenvalue weighted by molar-refractivity contribution is 8.16. The molecule has 2 amide bonds. The Balaban J connectivity index is 1.85. The van der Waals surface area contributed by atoms with Crippen LogP contribution in [0.3, 0.4) is 0 Å². The number of benzene rings is 2. The Morgan fingerprint density at radius 3 is 2.39 bits per heavy atom. The maximum atomic E-state index is 12.7. The highest BCUT2D eigenvalue weighted by Gasteiger charge is 2.40. The second-order valence-corrected chi connectivity index (χ2v) is 6.72. The van der Waals surface area contributed by atoms with Gasteiger partial charge in [0.15, 0.2) is 5.37 Å². The summed E-state index contributed by atoms with van der Waals surface area (Å²) in [4.78, 5) is 26.2. The molecule has 0 bridgehead atoms. The van der Waals surface area contributed by atoms with Gasteiger partial charge in [-0.15, -0.1) is 0 Å². The standard InChI is InChI=1S/C18H18N2O2S/c1-11-8-9-14(10-13(11)3)20-17(21)16(23-18(20)22)19-15-7-5-4-6-12(15)2/h4-10,16,19H,1-3H3. The molecule has 0 radical (unpaired) electrons. The van der Waals surface area contributed by atoms with Crippen LogP contribution < -0.4 is 10.2 Å². The SMILES string of the molecule is Cc1ccc(N2C(=O)SC(Nc3ccccc3C)C2=O)cc1C. The topological polar surface area (TPSA) is 49.4 Å². The first kappa shape index (κ1) is 15.6. The van der Waals surface area contributed by atoms with Crippen molar-refractivity contribution in [1.29, 1.82) is 0 Å². The van der Waals surface area contributed by atoms with E-state index < -0.39 is 5.37 Å². The van der Waals surface area contributed by atoms with Crippen LogP contribution in [0.1, 0.15) is 16.7 Å². The van der Waals surface area contributed by atoms with Crippen LogP contribution in [0.25, 0.3) is 0 Å². The molecule has 4 nitrogen and oxygen atoms in total. The number of hydrogen-bond donors (Lipinski definition) is 1. The molecular weight excluding hydrogens is 308 g/mol. The quantitative estimate of drug-likeness (QED) is 0.916. The van der Waals surface area contributed by atoms with Gasteiger partial charge < -0.3 is 5.32 Å². The van der Waals surface area contributed by atoms with Crippen LogP contribution in [-0.2, 0) is 4.79 Å². The number of imide groups is 1. The fourth-order valence-electron chi connectivity index (χ4n) is 2.48. The molecule has 2 aromatic rings. The molecule has 1 aliphatic rings. The van der Waals surface area contributed by atoms with Gasteiger partial charge in [0, 0.05) is 5.69 Å². The first-order valence-electron chi connectivity index (χ1n) is 7.41. The maximum absolute atomic E-state index is 12.7. The molecule has 0 aromatic heterocycles. The average Bonchev–Trinajstić information content (AvgIpc) is 2.79. The van der Waals surface area contributed by atoms with Crippen molar-refractivity contribution >= 4 is 34.3 Å². The monoisotopic (exact) mass is 326 g/mol. The van der Waals surface area contributed by atoms with E-state index in [2.05, 4.69) is 5.32 Å². The van der Waals surface area contributed by atoms with E-state index in [0.717, 1.165) is 34.1 Å². The van der Waals surface area contributed by atoms with Crippen molar-refractivity contribution < 1.29 is 9.59 Å². The van der Waals surface area contributed by atoms with E-state index in [-0.39, 0.29) is 11.1 Å². The van der Waals surface area contributed by atoms with Gasteiger partial charge in [0.05, 0.1) is 5.69 Å². The molecule has 1 N–H and O–H groups in total. The van der Waals surface area contributed by atoms with Gasteiger partial charge in [-0.25, -0.2) is 4.90 Å². The van der Waals surface area contributed by atoms with Crippen molar-refractivity contribution in [2.75, 3.05) is 10.2 Å². The molecule has 0 aliphatic carbocycles. The third kappa shape index (κ3) is 2.97. The molecule has 0 saturated carbocycles. The Kier molecular flexibility index (Phi) is 4.13. The summed E-state index contributed by atoms with van der Waals surface area (Å²) in [6.45, 7) is 5.94. The summed E-state index contributed by atoms with van der Waals surface area (Å²) < 4.78 is 0. The fraction of sp³-hybridized carbons (Fsp3) is 0.222. The zero-order valence-corrected chi connectivity index (χ0v) is 14.1. The number of para-hydroxylation sites is 1. The Morgan fingerprint density at radius 1 is 0.957 bits per heavy atom. The summed E-state index contributed by atoms with van der Waals surface area (Å²) in [6, 6.07) is 13.3. The lowest BCUT2D eigenvalue weighted by molar-refractivity contribution is -0.116. The van der Waals surface area contributed by atoms with Gasteiger partial charge in [-0.2, -0.15) is 0 Å². The molecule has 1 heterocycles. The summed E-state index contributed by atoms with van der Waals surface area (Å²) in [5.74, 6) is -0.230. The third-order valence-electron chi connectivity index (χ3n) is 4.03. The van der Waals surface area contributed by atoms with Gasteiger partial charge >= 0.3 is 0 Å². The van der Waals surface area contributed by atoms with Crippen LogP contribution in [0, 0.1) is 20.8 Å². The first-order valence-corrected chi connectivity index (χ1v) is 8.29. The van der Waals surface area contributed by atoms with Gasteiger partial charge in [-0.3, -0.25) is 9.59 Å². The van der Waals surface area contributed by atoms with E-state index in [1.54, 1.807) is 0 Å². The number of carbonyl (C=O) groups is 2. The molecule has 118 valence electrons. The second kappa shape index (κ2) is 6.08. The molecule has 0 spiro atoms. The van der Waals surface area contributed by atoms with Crippen molar-refractivity contribution in [3.05, 3.63) is 59.2 Å². The number of nitrogens with zero attached hydrogens (tertiary/aromatic N) is 1. The van der Waals surface area contributed by atoms with E-state index in [0.29, 0.717) is 5.69 Å². The lowest BCUT2D eigenvalue weighted by Gasteiger charge is -2.16. The Labute approximate surface area is 139 Å². The van der Waals surface area contributed by atoms with Gasteiger partial charge in [0.25, 0.3) is 11.1 Å². The Bertz CT molecular complexity index is 788. The predicted molar refractivity (Wildman–Crippen MR) is 95.0 cm³/mol. The molecule has 5 heteroatoms. The normalized spacial score (nSPS) is 17.7. The minimum Gasteiger partial charge on any atom is -0.365 e. The predicted octanol–water partition coefficient (Wildman–Crippen LogP) is 4.25. The number of carbonyl (C=O) groups excluding carboxylic acids is 2. The smallest absolute Gasteiger partial charge is 0.295 e. The lowest BCUT2D eigenvalue weighted by Crippen LogP contribution is -2.34. The molecule has 1 aliphatic heterocycles. The second-order valence-electron chi connectivity index (χ2n) is 5.67. The number of amides is 2. The van der Waals surface area contributed by atoms with Crippen molar-refractivity contribution in [1.82, 2.24) is 0 Å². The van der Waals surface area contributed by atoms with E-state index in [1.807, 2.05) is 63.2 Å². The van der Waals surface area contributed by atoms with Gasteiger partial charge in [0.1, 0.15) is 0 Å². The largest absolute Gasteiger partial charge is 0.365 e. The molecule has 1 atom stereocenters. The number of nitrogens with one attached hydrogen (secondary N) is 1. The number of anilines is 2. The molecule has 23 heavy (non-hydrogen) atoms. The minimum absolute atomic E-state index is 0.230. The van der Waals surface area contributed by atoms with Gasteiger partial charge in [0.2, 0.25) is 0 Å². The Hall–Kier alpha value is -2.27. The number of thioether (sulfide) groups is 1. The van der Waals surface area contributed by atoms with E-state index in [1.165, 1.54) is 4.90 Å². The van der Waals surface area contributed by atoms with Crippen LogP contribution in [0.2, 0.25) is 0 Å². The molecule has 3 rings (SSSR count). The van der Waals surface area contributed by atoms with E-state index in [4.69, 9.17) is 0 Å². The third-order valence-corrected chi connectivity index (χ3v) is 4.97. The first-order chi connectivity index (χ1) is 11.0. The Morgan fingerprint density at radius 2 is 1.70 bits per heavy atom. The summed E-state index contributed by atoms with van der Waals surface area (Å²) in [5, 5.41) is 2.33. The minimum atomic E-state index is -0.592. The van der Waals surface area contributed by atoms with Crippen LogP contribution in [0.15, 0.2) is 42.5 Å². The van der Waals surface area contributed by atoms with Crippen molar-refractivity contribution in [3.8, 4) is 0 Å². The molecule has 1 unspecified atom stereocenters. The number of hydrogen-bond acceptors (Lipinski definition) is 4. The highest BCUT2D eigenvalue weighted by atomic mass is 32.2. The summed E-state index contributed by atoms with van der Waals surface area (Å²) in [6.07, 6.45) is 0. The maximum Gasteiger partial charge on any atom is 0.295 e. The van der Waals surface area contributed by atoms with E-state index >= 15 is 0 Å². The van der Waals surface area contributed by atoms with Crippen LogP contribution >= 0.6 is 11.8 Å². The van der Waals surface area contributed by atoms with Crippen LogP contribution in [-0.4, -0.2) is 16.5 Å². The summed E-state index contributed by atoms with van der Waals surface area (Å²) in [7, 11) is 0. The van der Waals surface area contributed by atoms with Crippen LogP contribution in [0.5, 0.6) is 0 Å². The highest BCUT2D eigenvalue weighted by Crippen LogP contribution is 2.33. The van der Waals surface area contributed by atoms with E-state index in [9.17, 15) is 9.59 Å². The fourth-order valence-corrected chi connectivity index (χ4v) is 3.37.